The topological polar surface area (TPSA) is 17.1 Å². The van der Waals surface area contributed by atoms with Crippen molar-refractivity contribution >= 4 is 5.78 Å². The van der Waals surface area contributed by atoms with Crippen LogP contribution in [0, 0.1) is 0 Å². The van der Waals surface area contributed by atoms with Crippen molar-refractivity contribution in [2.45, 2.75) is 20.3 Å². The zero-order chi connectivity index (χ0) is 9.68. The van der Waals surface area contributed by atoms with Gasteiger partial charge in [0.05, 0.1) is 0 Å². The van der Waals surface area contributed by atoms with Crippen LogP contribution < -0.4 is 0 Å². The Hall–Kier alpha value is -1.37. The highest BCUT2D eigenvalue weighted by molar-refractivity contribution is 5.96. The first-order valence-corrected chi connectivity index (χ1v) is 4.42. The van der Waals surface area contributed by atoms with Gasteiger partial charge in [0.15, 0.2) is 5.78 Å². The van der Waals surface area contributed by atoms with Gasteiger partial charge in [-0.05, 0) is 13.8 Å². The summed E-state index contributed by atoms with van der Waals surface area (Å²) in [5.41, 5.74) is 1.98. The summed E-state index contributed by atoms with van der Waals surface area (Å²) in [4.78, 5) is 11.5. The van der Waals surface area contributed by atoms with E-state index in [2.05, 4.69) is 0 Å². The molecule has 0 amide bonds. The number of benzene rings is 1. The predicted octanol–water partition coefficient (Wildman–Crippen LogP) is 3.23. The number of allylic oxidation sites excluding steroid dienone is 2. The first-order chi connectivity index (χ1) is 6.20. The van der Waals surface area contributed by atoms with Gasteiger partial charge in [-0.25, -0.2) is 0 Å². The molecule has 0 aliphatic rings. The highest BCUT2D eigenvalue weighted by Gasteiger charge is 2.01. The van der Waals surface area contributed by atoms with Crippen molar-refractivity contribution in [1.29, 1.82) is 0 Å². The summed E-state index contributed by atoms with van der Waals surface area (Å²) >= 11 is 0. The quantitative estimate of drug-likeness (QED) is 0.508. The van der Waals surface area contributed by atoms with Gasteiger partial charge in [-0.2, -0.15) is 0 Å². The van der Waals surface area contributed by atoms with Crippen LogP contribution in [0.5, 0.6) is 0 Å². The molecular weight excluding hydrogens is 160 g/mol. The van der Waals surface area contributed by atoms with Crippen LogP contribution in [0.25, 0.3) is 0 Å². The number of hydrogen-bond acceptors (Lipinski definition) is 1. The van der Waals surface area contributed by atoms with Crippen molar-refractivity contribution in [3.8, 4) is 0 Å². The lowest BCUT2D eigenvalue weighted by molar-refractivity contribution is 0.0995. The van der Waals surface area contributed by atoms with Crippen molar-refractivity contribution in [3.05, 3.63) is 47.5 Å². The summed E-state index contributed by atoms with van der Waals surface area (Å²) < 4.78 is 0. The van der Waals surface area contributed by atoms with E-state index in [9.17, 15) is 4.79 Å². The molecule has 0 N–H and O–H groups in total. The second-order valence-electron chi connectivity index (χ2n) is 3.27. The van der Waals surface area contributed by atoms with E-state index in [1.807, 2.05) is 50.3 Å². The maximum atomic E-state index is 11.5. The number of Topliss-reactive ketones (excluding diaryl/α,β-unsaturated/α-hetero) is 1. The molecule has 0 atom stereocenters. The van der Waals surface area contributed by atoms with Crippen LogP contribution in [-0.4, -0.2) is 5.78 Å². The van der Waals surface area contributed by atoms with E-state index in [0.29, 0.717) is 6.42 Å². The largest absolute Gasteiger partial charge is 0.294 e. The number of rotatable bonds is 3. The summed E-state index contributed by atoms with van der Waals surface area (Å²) in [6.07, 6.45) is 2.46. The highest BCUT2D eigenvalue weighted by atomic mass is 16.1. The summed E-state index contributed by atoms with van der Waals surface area (Å²) in [6.45, 7) is 4.00. The zero-order valence-electron chi connectivity index (χ0n) is 8.08. The zero-order valence-corrected chi connectivity index (χ0v) is 8.08. The van der Waals surface area contributed by atoms with E-state index < -0.39 is 0 Å². The smallest absolute Gasteiger partial charge is 0.166 e. The molecule has 1 rings (SSSR count). The van der Waals surface area contributed by atoms with Crippen molar-refractivity contribution in [3.63, 3.8) is 0 Å². The molecule has 0 aliphatic heterocycles. The minimum atomic E-state index is 0.182. The third kappa shape index (κ3) is 3.24. The SMILES string of the molecule is CC(C)=CCC(=O)c1ccccc1. The predicted molar refractivity (Wildman–Crippen MR) is 54.8 cm³/mol. The van der Waals surface area contributed by atoms with Crippen LogP contribution in [0.3, 0.4) is 0 Å². The van der Waals surface area contributed by atoms with Gasteiger partial charge < -0.3 is 0 Å². The normalized spacial score (nSPS) is 9.38. The van der Waals surface area contributed by atoms with Crippen molar-refractivity contribution in [2.24, 2.45) is 0 Å². The van der Waals surface area contributed by atoms with Gasteiger partial charge in [0.1, 0.15) is 0 Å². The molecular formula is C12H14O. The van der Waals surface area contributed by atoms with E-state index in [1.165, 1.54) is 5.57 Å². The van der Waals surface area contributed by atoms with Gasteiger partial charge in [0, 0.05) is 12.0 Å². The van der Waals surface area contributed by atoms with Crippen LogP contribution in [0.2, 0.25) is 0 Å². The number of carbonyl (C=O) groups is 1. The summed E-state index contributed by atoms with van der Waals surface area (Å²) in [6, 6.07) is 9.38. The third-order valence-corrected chi connectivity index (χ3v) is 1.79. The molecule has 0 aromatic heterocycles. The molecule has 0 saturated carbocycles. The molecule has 0 heterocycles. The second kappa shape index (κ2) is 4.61. The molecule has 0 saturated heterocycles. The Labute approximate surface area is 79.1 Å². The number of ketones is 1. The fourth-order valence-corrected chi connectivity index (χ4v) is 1.04. The fraction of sp³-hybridized carbons (Fsp3) is 0.250. The van der Waals surface area contributed by atoms with E-state index in [4.69, 9.17) is 0 Å². The van der Waals surface area contributed by atoms with Crippen LogP contribution in [0.4, 0.5) is 0 Å². The van der Waals surface area contributed by atoms with Crippen LogP contribution in [0.1, 0.15) is 30.6 Å². The van der Waals surface area contributed by atoms with Crippen molar-refractivity contribution in [1.82, 2.24) is 0 Å². The van der Waals surface area contributed by atoms with Crippen LogP contribution in [0.15, 0.2) is 42.0 Å². The van der Waals surface area contributed by atoms with Crippen LogP contribution in [-0.2, 0) is 0 Å². The molecule has 1 aromatic rings. The van der Waals surface area contributed by atoms with Gasteiger partial charge in [0.25, 0.3) is 0 Å². The van der Waals surface area contributed by atoms with E-state index in [0.717, 1.165) is 5.56 Å². The Morgan fingerprint density at radius 3 is 2.38 bits per heavy atom. The van der Waals surface area contributed by atoms with Gasteiger partial charge in [-0.3, -0.25) is 4.79 Å². The minimum Gasteiger partial charge on any atom is -0.294 e. The molecule has 13 heavy (non-hydrogen) atoms. The Kier molecular flexibility index (Phi) is 3.44. The van der Waals surface area contributed by atoms with Crippen molar-refractivity contribution < 1.29 is 4.79 Å². The van der Waals surface area contributed by atoms with Gasteiger partial charge >= 0.3 is 0 Å². The lowest BCUT2D eigenvalue weighted by Crippen LogP contribution is -1.96. The molecule has 0 spiro atoms. The lowest BCUT2D eigenvalue weighted by atomic mass is 10.1. The molecule has 1 nitrogen and oxygen atoms in total. The number of hydrogen-bond donors (Lipinski definition) is 0. The summed E-state index contributed by atoms with van der Waals surface area (Å²) in [7, 11) is 0. The molecule has 68 valence electrons. The first-order valence-electron chi connectivity index (χ1n) is 4.42. The monoisotopic (exact) mass is 174 g/mol. The number of carbonyl (C=O) groups excluding carboxylic acids is 1. The van der Waals surface area contributed by atoms with Gasteiger partial charge in [-0.1, -0.05) is 42.0 Å². The second-order valence-corrected chi connectivity index (χ2v) is 3.27. The Balaban J connectivity index is 2.65. The molecule has 0 unspecified atom stereocenters. The molecule has 0 radical (unpaired) electrons. The molecule has 0 aliphatic carbocycles. The Bertz CT molecular complexity index is 305. The summed E-state index contributed by atoms with van der Waals surface area (Å²) in [5.74, 6) is 0.182. The van der Waals surface area contributed by atoms with E-state index in [1.54, 1.807) is 0 Å². The highest BCUT2D eigenvalue weighted by Crippen LogP contribution is 2.04. The average Bonchev–Trinajstić information content (AvgIpc) is 2.15. The first kappa shape index (κ1) is 9.72. The molecule has 1 heteroatoms. The van der Waals surface area contributed by atoms with Crippen molar-refractivity contribution in [2.75, 3.05) is 0 Å². The Morgan fingerprint density at radius 1 is 1.23 bits per heavy atom. The maximum absolute atomic E-state index is 11.5. The van der Waals surface area contributed by atoms with E-state index in [-0.39, 0.29) is 5.78 Å². The lowest BCUT2D eigenvalue weighted by Gasteiger charge is -1.96. The van der Waals surface area contributed by atoms with Gasteiger partial charge in [0.2, 0.25) is 0 Å². The van der Waals surface area contributed by atoms with Gasteiger partial charge in [-0.15, -0.1) is 0 Å². The van der Waals surface area contributed by atoms with Crippen LogP contribution >= 0.6 is 0 Å². The standard InChI is InChI=1S/C12H14O/c1-10(2)8-9-12(13)11-6-4-3-5-7-11/h3-8H,9H2,1-2H3. The fourth-order valence-electron chi connectivity index (χ4n) is 1.04. The average molecular weight is 174 g/mol. The molecule has 0 bridgehead atoms. The minimum absolute atomic E-state index is 0.182. The Morgan fingerprint density at radius 2 is 1.85 bits per heavy atom. The third-order valence-electron chi connectivity index (χ3n) is 1.79. The van der Waals surface area contributed by atoms with E-state index >= 15 is 0 Å². The summed E-state index contributed by atoms with van der Waals surface area (Å²) in [5, 5.41) is 0. The maximum Gasteiger partial charge on any atom is 0.166 e. The molecule has 1 aromatic carbocycles. The molecule has 0 fully saturated rings.